The molecule has 2 aromatic rings. The topological polar surface area (TPSA) is 68.8 Å². The van der Waals surface area contributed by atoms with Gasteiger partial charge in [-0.3, -0.25) is 0 Å². The van der Waals surface area contributed by atoms with Gasteiger partial charge in [-0.25, -0.2) is 0 Å². The summed E-state index contributed by atoms with van der Waals surface area (Å²) in [4.78, 5) is 0. The lowest BCUT2D eigenvalue weighted by atomic mass is 10.2. The zero-order valence-corrected chi connectivity index (χ0v) is 10.1. The number of nitrogens with one attached hydrogen (secondary N) is 1. The Morgan fingerprint density at radius 1 is 1.41 bits per heavy atom. The summed E-state index contributed by atoms with van der Waals surface area (Å²) in [7, 11) is 1.95. The van der Waals surface area contributed by atoms with Crippen LogP contribution in [0.4, 0.5) is 11.4 Å². The van der Waals surface area contributed by atoms with Gasteiger partial charge in [-0.2, -0.15) is 0 Å². The van der Waals surface area contributed by atoms with Gasteiger partial charge in [-0.05, 0) is 30.7 Å². The van der Waals surface area contributed by atoms with E-state index in [-0.39, 0.29) is 0 Å². The maximum absolute atomic E-state index is 5.70. The maximum Gasteiger partial charge on any atom is 0.134 e. The Morgan fingerprint density at radius 3 is 2.88 bits per heavy atom. The third kappa shape index (κ3) is 2.75. The number of benzene rings is 1. The molecule has 0 saturated heterocycles. The third-order valence-electron chi connectivity index (χ3n) is 2.72. The molecule has 1 heterocycles. The fourth-order valence-electron chi connectivity index (χ4n) is 1.73. The average Bonchev–Trinajstić information content (AvgIpc) is 2.68. The molecule has 17 heavy (non-hydrogen) atoms. The Morgan fingerprint density at radius 2 is 2.24 bits per heavy atom. The predicted octanol–water partition coefficient (Wildman–Crippen LogP) is 1.36. The quantitative estimate of drug-likeness (QED) is 0.780. The molecule has 3 N–H and O–H groups in total. The van der Waals surface area contributed by atoms with Crippen molar-refractivity contribution >= 4 is 11.4 Å². The van der Waals surface area contributed by atoms with Crippen molar-refractivity contribution in [3.8, 4) is 0 Å². The average molecular weight is 231 g/mol. The van der Waals surface area contributed by atoms with E-state index in [1.165, 1.54) is 0 Å². The van der Waals surface area contributed by atoms with Crippen molar-refractivity contribution in [3.05, 3.63) is 35.9 Å². The second-order valence-corrected chi connectivity index (χ2v) is 4.11. The molecule has 0 spiro atoms. The second kappa shape index (κ2) is 4.86. The Kier molecular flexibility index (Phi) is 3.27. The van der Waals surface area contributed by atoms with Gasteiger partial charge in [0.2, 0.25) is 0 Å². The normalized spacial score (nSPS) is 10.5. The highest BCUT2D eigenvalue weighted by Gasteiger charge is 2.01. The molecule has 0 aliphatic carbocycles. The van der Waals surface area contributed by atoms with Crippen LogP contribution in [-0.4, -0.2) is 21.3 Å². The number of nitrogen functional groups attached to an aromatic ring is 1. The Hall–Kier alpha value is -2.04. The molecule has 5 nitrogen and oxygen atoms in total. The summed E-state index contributed by atoms with van der Waals surface area (Å²) >= 11 is 0. The SMILES string of the molecule is Cc1cc(N)ccc1NCCc1nncn1C. The molecular weight excluding hydrogens is 214 g/mol. The zero-order valence-electron chi connectivity index (χ0n) is 10.1. The van der Waals surface area contributed by atoms with E-state index >= 15 is 0 Å². The summed E-state index contributed by atoms with van der Waals surface area (Å²) in [6.45, 7) is 2.87. The van der Waals surface area contributed by atoms with E-state index in [0.29, 0.717) is 0 Å². The smallest absolute Gasteiger partial charge is 0.134 e. The first-order valence-corrected chi connectivity index (χ1v) is 5.59. The molecule has 0 unspecified atom stereocenters. The number of nitrogens with zero attached hydrogens (tertiary/aromatic N) is 3. The Bertz CT molecular complexity index is 503. The van der Waals surface area contributed by atoms with E-state index in [2.05, 4.69) is 15.5 Å². The fraction of sp³-hybridized carbons (Fsp3) is 0.333. The van der Waals surface area contributed by atoms with Crippen LogP contribution in [0.3, 0.4) is 0 Å². The van der Waals surface area contributed by atoms with Crippen LogP contribution < -0.4 is 11.1 Å². The number of anilines is 2. The number of aromatic nitrogens is 3. The fourth-order valence-corrected chi connectivity index (χ4v) is 1.73. The van der Waals surface area contributed by atoms with E-state index in [4.69, 9.17) is 5.73 Å². The Balaban J connectivity index is 1.92. The molecular formula is C12H17N5. The van der Waals surface area contributed by atoms with Crippen molar-refractivity contribution in [1.29, 1.82) is 0 Å². The lowest BCUT2D eigenvalue weighted by Crippen LogP contribution is -2.09. The number of hydrogen-bond donors (Lipinski definition) is 2. The molecule has 0 radical (unpaired) electrons. The van der Waals surface area contributed by atoms with Gasteiger partial charge in [0.1, 0.15) is 12.2 Å². The summed E-state index contributed by atoms with van der Waals surface area (Å²) in [6.07, 6.45) is 2.56. The molecule has 90 valence electrons. The molecule has 0 fully saturated rings. The standard InChI is InChI=1S/C12H17N5/c1-9-7-10(13)3-4-11(9)14-6-5-12-16-15-8-17(12)2/h3-4,7-8,14H,5-6,13H2,1-2H3. The van der Waals surface area contributed by atoms with Crippen molar-refractivity contribution in [2.24, 2.45) is 7.05 Å². The first-order valence-electron chi connectivity index (χ1n) is 5.59. The van der Waals surface area contributed by atoms with Crippen LogP contribution in [0.5, 0.6) is 0 Å². The van der Waals surface area contributed by atoms with Gasteiger partial charge in [-0.15, -0.1) is 10.2 Å². The van der Waals surface area contributed by atoms with Crippen LogP contribution in [0.25, 0.3) is 0 Å². The van der Waals surface area contributed by atoms with Crippen molar-refractivity contribution in [1.82, 2.24) is 14.8 Å². The van der Waals surface area contributed by atoms with Crippen LogP contribution in [0.2, 0.25) is 0 Å². The Labute approximate surface area is 101 Å². The van der Waals surface area contributed by atoms with Gasteiger partial charge in [-0.1, -0.05) is 0 Å². The van der Waals surface area contributed by atoms with Crippen LogP contribution in [0.1, 0.15) is 11.4 Å². The molecule has 0 aliphatic rings. The van der Waals surface area contributed by atoms with Crippen molar-refractivity contribution in [2.75, 3.05) is 17.6 Å². The summed E-state index contributed by atoms with van der Waals surface area (Å²) in [5, 5.41) is 11.3. The van der Waals surface area contributed by atoms with Crippen molar-refractivity contribution in [3.63, 3.8) is 0 Å². The highest BCUT2D eigenvalue weighted by molar-refractivity contribution is 5.57. The number of rotatable bonds is 4. The number of aryl methyl sites for hydroxylation is 2. The van der Waals surface area contributed by atoms with Gasteiger partial charge in [0.15, 0.2) is 0 Å². The molecule has 0 amide bonds. The van der Waals surface area contributed by atoms with E-state index in [1.54, 1.807) is 6.33 Å². The highest BCUT2D eigenvalue weighted by Crippen LogP contribution is 2.17. The minimum Gasteiger partial charge on any atom is -0.399 e. The first kappa shape index (κ1) is 11.4. The molecule has 0 bridgehead atoms. The van der Waals surface area contributed by atoms with Gasteiger partial charge in [0.05, 0.1) is 0 Å². The molecule has 5 heteroatoms. The zero-order chi connectivity index (χ0) is 12.3. The summed E-state index contributed by atoms with van der Waals surface area (Å²) < 4.78 is 1.93. The molecule has 0 atom stereocenters. The van der Waals surface area contributed by atoms with Gasteiger partial charge >= 0.3 is 0 Å². The van der Waals surface area contributed by atoms with Crippen LogP contribution in [0.15, 0.2) is 24.5 Å². The summed E-state index contributed by atoms with van der Waals surface area (Å²) in [5.41, 5.74) is 8.76. The van der Waals surface area contributed by atoms with Crippen molar-refractivity contribution < 1.29 is 0 Å². The molecule has 1 aromatic heterocycles. The second-order valence-electron chi connectivity index (χ2n) is 4.11. The molecule has 0 aliphatic heterocycles. The van der Waals surface area contributed by atoms with Crippen molar-refractivity contribution in [2.45, 2.75) is 13.3 Å². The minimum absolute atomic E-state index is 0.793. The number of hydrogen-bond acceptors (Lipinski definition) is 4. The van der Waals surface area contributed by atoms with Gasteiger partial charge in [0.25, 0.3) is 0 Å². The summed E-state index contributed by atoms with van der Waals surface area (Å²) in [5.74, 6) is 0.977. The first-order chi connectivity index (χ1) is 8.16. The van der Waals surface area contributed by atoms with Crippen LogP contribution >= 0.6 is 0 Å². The van der Waals surface area contributed by atoms with E-state index in [1.807, 2.05) is 36.7 Å². The van der Waals surface area contributed by atoms with E-state index < -0.39 is 0 Å². The monoisotopic (exact) mass is 231 g/mol. The molecule has 2 rings (SSSR count). The molecule has 1 aromatic carbocycles. The number of nitrogens with two attached hydrogens (primary N) is 1. The van der Waals surface area contributed by atoms with E-state index in [9.17, 15) is 0 Å². The predicted molar refractivity (Wildman–Crippen MR) is 68.8 cm³/mol. The minimum atomic E-state index is 0.793. The lowest BCUT2D eigenvalue weighted by molar-refractivity contribution is 0.788. The maximum atomic E-state index is 5.70. The highest BCUT2D eigenvalue weighted by atomic mass is 15.2. The van der Waals surface area contributed by atoms with Crippen LogP contribution in [0, 0.1) is 6.92 Å². The molecule has 0 saturated carbocycles. The largest absolute Gasteiger partial charge is 0.399 e. The van der Waals surface area contributed by atoms with Crippen LogP contribution in [-0.2, 0) is 13.5 Å². The van der Waals surface area contributed by atoms with Gasteiger partial charge < -0.3 is 15.6 Å². The van der Waals surface area contributed by atoms with E-state index in [0.717, 1.165) is 35.7 Å². The summed E-state index contributed by atoms with van der Waals surface area (Å²) in [6, 6.07) is 5.86. The van der Waals surface area contributed by atoms with Gasteiger partial charge in [0, 0.05) is 31.4 Å². The lowest BCUT2D eigenvalue weighted by Gasteiger charge is -2.09. The third-order valence-corrected chi connectivity index (χ3v) is 2.72.